The highest BCUT2D eigenvalue weighted by atomic mass is 16.4. The van der Waals surface area contributed by atoms with Crippen LogP contribution in [0.4, 0.5) is 0 Å². The first-order valence-corrected chi connectivity index (χ1v) is 8.45. The summed E-state index contributed by atoms with van der Waals surface area (Å²) >= 11 is 0. The Morgan fingerprint density at radius 2 is 1.74 bits per heavy atom. The molecule has 27 heavy (non-hydrogen) atoms. The molecule has 148 valence electrons. The number of aliphatic carboxylic acids is 1. The van der Waals surface area contributed by atoms with Crippen molar-refractivity contribution in [2.24, 2.45) is 22.2 Å². The molecule has 0 bridgehead atoms. The molecule has 2 atom stereocenters. The second-order valence-corrected chi connectivity index (χ2v) is 5.86. The van der Waals surface area contributed by atoms with Gasteiger partial charge in [-0.1, -0.05) is 30.3 Å². The number of carbonyl (C=O) groups excluding carboxylic acids is 2. The maximum absolute atomic E-state index is 12.6. The van der Waals surface area contributed by atoms with Crippen molar-refractivity contribution in [3.63, 3.8) is 0 Å². The van der Waals surface area contributed by atoms with Crippen LogP contribution in [0.15, 0.2) is 35.3 Å². The first kappa shape index (κ1) is 21.9. The molecule has 0 radical (unpaired) electrons. The Bertz CT molecular complexity index is 661. The number of carboxylic acid groups (broad SMARTS) is 1. The number of nitrogens with zero attached hydrogens (tertiary/aromatic N) is 1. The lowest BCUT2D eigenvalue weighted by molar-refractivity contribution is -0.142. The molecule has 1 rings (SSSR count). The van der Waals surface area contributed by atoms with E-state index in [0.717, 1.165) is 5.56 Å². The Balaban J connectivity index is 2.77. The minimum Gasteiger partial charge on any atom is -0.480 e. The Labute approximate surface area is 157 Å². The number of hydrogen-bond donors (Lipinski definition) is 6. The van der Waals surface area contributed by atoms with Crippen LogP contribution in [0.25, 0.3) is 0 Å². The summed E-state index contributed by atoms with van der Waals surface area (Å²) in [5.74, 6) is -2.38. The molecule has 0 aromatic heterocycles. The Morgan fingerprint density at radius 3 is 2.30 bits per heavy atom. The van der Waals surface area contributed by atoms with Gasteiger partial charge < -0.3 is 32.9 Å². The molecule has 1 aromatic rings. The predicted molar refractivity (Wildman–Crippen MR) is 101 cm³/mol. The summed E-state index contributed by atoms with van der Waals surface area (Å²) in [4.78, 5) is 39.4. The Kier molecular flexibility index (Phi) is 9.30. The quantitative estimate of drug-likeness (QED) is 0.150. The average Bonchev–Trinajstić information content (AvgIpc) is 2.63. The van der Waals surface area contributed by atoms with Gasteiger partial charge in [0.05, 0.1) is 6.54 Å². The number of amides is 2. The highest BCUT2D eigenvalue weighted by Crippen LogP contribution is 2.05. The smallest absolute Gasteiger partial charge is 0.326 e. The van der Waals surface area contributed by atoms with Crippen LogP contribution in [0, 0.1) is 0 Å². The standard InChI is InChI=1S/C17H26N6O4/c18-10-14(24)22-13(9-11-5-2-1-3-6-11)15(25)23-12(16(26)27)7-4-8-21-17(19)20/h1-3,5-6,12-13H,4,7-10,18H2,(H,22,24)(H,23,25)(H,26,27)(H4,19,20,21). The molecular formula is C17H26N6O4. The molecule has 0 aliphatic carbocycles. The van der Waals surface area contributed by atoms with Crippen LogP contribution in [0.1, 0.15) is 18.4 Å². The largest absolute Gasteiger partial charge is 0.480 e. The molecule has 0 fully saturated rings. The predicted octanol–water partition coefficient (Wildman–Crippen LogP) is -1.70. The van der Waals surface area contributed by atoms with Crippen molar-refractivity contribution in [1.29, 1.82) is 0 Å². The summed E-state index contributed by atoms with van der Waals surface area (Å²) < 4.78 is 0. The van der Waals surface area contributed by atoms with Crippen LogP contribution in [0.5, 0.6) is 0 Å². The first-order chi connectivity index (χ1) is 12.8. The van der Waals surface area contributed by atoms with Gasteiger partial charge in [-0.15, -0.1) is 0 Å². The van der Waals surface area contributed by atoms with Gasteiger partial charge >= 0.3 is 5.97 Å². The van der Waals surface area contributed by atoms with E-state index in [9.17, 15) is 19.5 Å². The van der Waals surface area contributed by atoms with E-state index >= 15 is 0 Å². The number of nitrogens with one attached hydrogen (secondary N) is 2. The number of nitrogens with two attached hydrogens (primary N) is 3. The van der Waals surface area contributed by atoms with Crippen molar-refractivity contribution in [3.8, 4) is 0 Å². The SMILES string of the molecule is NCC(=O)NC(Cc1ccccc1)C(=O)NC(CCCN=C(N)N)C(=O)O. The Morgan fingerprint density at radius 1 is 1.07 bits per heavy atom. The zero-order chi connectivity index (χ0) is 20.2. The van der Waals surface area contributed by atoms with Crippen LogP contribution in [-0.4, -0.2) is 54.0 Å². The molecule has 2 unspecified atom stereocenters. The third kappa shape index (κ3) is 8.68. The molecule has 0 aliphatic heterocycles. The van der Waals surface area contributed by atoms with Gasteiger partial charge in [0.1, 0.15) is 12.1 Å². The molecule has 1 aromatic carbocycles. The third-order valence-electron chi connectivity index (χ3n) is 3.68. The molecule has 2 amide bonds. The number of aliphatic imine (C=N–C) groups is 1. The van der Waals surface area contributed by atoms with E-state index < -0.39 is 29.9 Å². The van der Waals surface area contributed by atoms with E-state index in [1.54, 1.807) is 24.3 Å². The first-order valence-electron chi connectivity index (χ1n) is 8.45. The van der Waals surface area contributed by atoms with E-state index in [0.29, 0.717) is 6.42 Å². The molecule has 0 saturated carbocycles. The van der Waals surface area contributed by atoms with Gasteiger partial charge in [-0.2, -0.15) is 0 Å². The Hall–Kier alpha value is -3.14. The monoisotopic (exact) mass is 378 g/mol. The van der Waals surface area contributed by atoms with Crippen molar-refractivity contribution in [1.82, 2.24) is 10.6 Å². The molecule has 0 saturated heterocycles. The number of rotatable bonds is 11. The number of hydrogen-bond acceptors (Lipinski definition) is 5. The fraction of sp³-hybridized carbons (Fsp3) is 0.412. The fourth-order valence-corrected chi connectivity index (χ4v) is 2.35. The van der Waals surface area contributed by atoms with Crippen LogP contribution < -0.4 is 27.8 Å². The van der Waals surface area contributed by atoms with Crippen molar-refractivity contribution < 1.29 is 19.5 Å². The molecular weight excluding hydrogens is 352 g/mol. The van der Waals surface area contributed by atoms with Gasteiger partial charge in [0.2, 0.25) is 11.8 Å². The van der Waals surface area contributed by atoms with Gasteiger partial charge in [-0.25, -0.2) is 4.79 Å². The lowest BCUT2D eigenvalue weighted by atomic mass is 10.0. The van der Waals surface area contributed by atoms with Crippen molar-refractivity contribution >= 4 is 23.7 Å². The topological polar surface area (TPSA) is 186 Å². The van der Waals surface area contributed by atoms with Gasteiger partial charge in [0.25, 0.3) is 0 Å². The summed E-state index contributed by atoms with van der Waals surface area (Å²) in [6, 6.07) is 6.98. The van der Waals surface area contributed by atoms with E-state index in [4.69, 9.17) is 17.2 Å². The van der Waals surface area contributed by atoms with Crippen LogP contribution in [-0.2, 0) is 20.8 Å². The third-order valence-corrected chi connectivity index (χ3v) is 3.68. The van der Waals surface area contributed by atoms with Gasteiger partial charge in [-0.3, -0.25) is 14.6 Å². The molecule has 10 nitrogen and oxygen atoms in total. The summed E-state index contributed by atoms with van der Waals surface area (Å²) in [5.41, 5.74) is 16.5. The minimum absolute atomic E-state index is 0.0849. The molecule has 9 N–H and O–H groups in total. The van der Waals surface area contributed by atoms with Crippen molar-refractivity contribution in [2.75, 3.05) is 13.1 Å². The fourth-order valence-electron chi connectivity index (χ4n) is 2.35. The van der Waals surface area contributed by atoms with Crippen LogP contribution in [0.2, 0.25) is 0 Å². The second-order valence-electron chi connectivity index (χ2n) is 5.86. The summed E-state index contributed by atoms with van der Waals surface area (Å²) in [7, 11) is 0. The highest BCUT2D eigenvalue weighted by molar-refractivity contribution is 5.91. The van der Waals surface area contributed by atoms with Gasteiger partial charge in [0, 0.05) is 13.0 Å². The normalized spacial score (nSPS) is 12.5. The molecule has 10 heteroatoms. The zero-order valence-corrected chi connectivity index (χ0v) is 14.9. The van der Waals surface area contributed by atoms with E-state index in [-0.39, 0.29) is 31.9 Å². The lowest BCUT2D eigenvalue weighted by Gasteiger charge is -2.21. The number of guanidine groups is 1. The summed E-state index contributed by atoms with van der Waals surface area (Å²) in [6.07, 6.45) is 0.715. The van der Waals surface area contributed by atoms with E-state index in [1.807, 2.05) is 6.07 Å². The lowest BCUT2D eigenvalue weighted by Crippen LogP contribution is -2.53. The molecule has 0 aliphatic rings. The van der Waals surface area contributed by atoms with Gasteiger partial charge in [-0.05, 0) is 18.4 Å². The average molecular weight is 378 g/mol. The number of carboxylic acids is 1. The van der Waals surface area contributed by atoms with E-state index in [1.165, 1.54) is 0 Å². The molecule has 0 heterocycles. The molecule has 0 spiro atoms. The number of benzene rings is 1. The highest BCUT2D eigenvalue weighted by Gasteiger charge is 2.26. The van der Waals surface area contributed by atoms with E-state index in [2.05, 4.69) is 15.6 Å². The van der Waals surface area contributed by atoms with Gasteiger partial charge in [0.15, 0.2) is 5.96 Å². The minimum atomic E-state index is -1.18. The number of carbonyl (C=O) groups is 3. The van der Waals surface area contributed by atoms with Crippen LogP contribution >= 0.6 is 0 Å². The van der Waals surface area contributed by atoms with Crippen LogP contribution in [0.3, 0.4) is 0 Å². The van der Waals surface area contributed by atoms with Crippen molar-refractivity contribution in [3.05, 3.63) is 35.9 Å². The summed E-state index contributed by atoms with van der Waals surface area (Å²) in [6.45, 7) is -0.0290. The second kappa shape index (κ2) is 11.5. The summed E-state index contributed by atoms with van der Waals surface area (Å²) in [5, 5.41) is 14.3. The maximum Gasteiger partial charge on any atom is 0.326 e. The van der Waals surface area contributed by atoms with Crippen molar-refractivity contribution in [2.45, 2.75) is 31.3 Å². The maximum atomic E-state index is 12.6. The zero-order valence-electron chi connectivity index (χ0n) is 14.9.